The Hall–Kier alpha value is -2.01. The lowest BCUT2D eigenvalue weighted by molar-refractivity contribution is 0.102. The highest BCUT2D eigenvalue weighted by molar-refractivity contribution is 7.86. The van der Waals surface area contributed by atoms with Gasteiger partial charge in [-0.2, -0.15) is 17.0 Å². The van der Waals surface area contributed by atoms with Crippen LogP contribution in [0.25, 0.3) is 0 Å². The second kappa shape index (κ2) is 7.93. The molecule has 0 fully saturated rings. The smallest absolute Gasteiger partial charge is 0.284 e. The molecule has 0 atom stereocenters. The Kier molecular flexibility index (Phi) is 5.80. The van der Waals surface area contributed by atoms with E-state index in [4.69, 9.17) is 4.74 Å². The van der Waals surface area contributed by atoms with Gasteiger partial charge in [0.25, 0.3) is 16.1 Å². The van der Waals surface area contributed by atoms with Crippen molar-refractivity contribution in [2.45, 2.75) is 12.8 Å². The van der Waals surface area contributed by atoms with Crippen molar-refractivity contribution >= 4 is 33.1 Å². The normalized spacial score (nSPS) is 15.3. The average Bonchev–Trinajstić information content (AvgIpc) is 2.94. The fourth-order valence-corrected chi connectivity index (χ4v) is 4.88. The van der Waals surface area contributed by atoms with Gasteiger partial charge in [-0.05, 0) is 18.6 Å². The molecule has 27 heavy (non-hydrogen) atoms. The number of benzene rings is 1. The van der Waals surface area contributed by atoms with Crippen molar-refractivity contribution in [3.8, 4) is 5.75 Å². The zero-order valence-corrected chi connectivity index (χ0v) is 17.1. The minimum Gasteiger partial charge on any atom is -0.497 e. The van der Waals surface area contributed by atoms with Gasteiger partial charge in [0.2, 0.25) is 0 Å². The average molecular weight is 411 g/mol. The third-order valence-electron chi connectivity index (χ3n) is 4.27. The van der Waals surface area contributed by atoms with Crippen LogP contribution in [0, 0.1) is 0 Å². The summed E-state index contributed by atoms with van der Waals surface area (Å²) in [6.07, 6.45) is 1.04. The summed E-state index contributed by atoms with van der Waals surface area (Å²) in [6, 6.07) is 7.11. The summed E-state index contributed by atoms with van der Waals surface area (Å²) in [6.45, 7) is 0.737. The van der Waals surface area contributed by atoms with Crippen LogP contribution in [-0.4, -0.2) is 62.2 Å². The number of carbonyl (C=O) groups is 1. The summed E-state index contributed by atoms with van der Waals surface area (Å²) < 4.78 is 32.4. The second-order valence-electron chi connectivity index (χ2n) is 6.26. The quantitative estimate of drug-likeness (QED) is 0.809. The molecule has 0 unspecified atom stereocenters. The number of hydrogen-bond donors (Lipinski definition) is 1. The third kappa shape index (κ3) is 4.29. The number of methoxy groups -OCH3 is 1. The molecule has 0 saturated carbocycles. The summed E-state index contributed by atoms with van der Waals surface area (Å²) in [7, 11) is 1.17. The van der Waals surface area contributed by atoms with Crippen LogP contribution in [0.5, 0.6) is 5.75 Å². The van der Waals surface area contributed by atoms with Gasteiger partial charge in [0.1, 0.15) is 5.75 Å². The summed E-state index contributed by atoms with van der Waals surface area (Å²) in [5.74, 6) is 0.379. The maximum Gasteiger partial charge on any atom is 0.284 e. The van der Waals surface area contributed by atoms with Crippen LogP contribution in [0.3, 0.4) is 0 Å². The summed E-state index contributed by atoms with van der Waals surface area (Å²) in [5.41, 5.74) is 1.43. The lowest BCUT2D eigenvalue weighted by atomic mass is 10.2. The number of carbonyl (C=O) groups excluding carboxylic acids is 1. The fraction of sp³-hybridized carbons (Fsp3) is 0.412. The van der Waals surface area contributed by atoms with E-state index in [0.29, 0.717) is 42.4 Å². The van der Waals surface area contributed by atoms with Gasteiger partial charge in [0.05, 0.1) is 12.8 Å². The van der Waals surface area contributed by atoms with Gasteiger partial charge < -0.3 is 10.1 Å². The Balaban J connectivity index is 1.71. The molecular weight excluding hydrogens is 388 g/mol. The zero-order valence-electron chi connectivity index (χ0n) is 15.4. The van der Waals surface area contributed by atoms with E-state index in [1.54, 1.807) is 31.4 Å². The predicted octanol–water partition coefficient (Wildman–Crippen LogP) is 1.61. The minimum atomic E-state index is -3.44. The largest absolute Gasteiger partial charge is 0.497 e. The number of aromatic nitrogens is 1. The highest BCUT2D eigenvalue weighted by atomic mass is 32.2. The molecule has 1 aliphatic heterocycles. The highest BCUT2D eigenvalue weighted by Gasteiger charge is 2.28. The Morgan fingerprint density at radius 1 is 1.30 bits per heavy atom. The van der Waals surface area contributed by atoms with Crippen molar-refractivity contribution in [1.29, 1.82) is 0 Å². The number of thiazole rings is 1. The SMILES string of the molecule is COc1cccc(NC(=O)c2nc3c(s2)CCN(S(=O)(=O)N(C)C)CC3)c1. The molecule has 1 amide bonds. The molecule has 1 N–H and O–H groups in total. The molecule has 0 saturated heterocycles. The van der Waals surface area contributed by atoms with E-state index in [-0.39, 0.29) is 5.91 Å². The van der Waals surface area contributed by atoms with Crippen LogP contribution >= 0.6 is 11.3 Å². The number of nitrogens with one attached hydrogen (secondary N) is 1. The molecule has 0 radical (unpaired) electrons. The molecule has 10 heteroatoms. The maximum atomic E-state index is 12.5. The van der Waals surface area contributed by atoms with Crippen molar-refractivity contribution in [3.05, 3.63) is 39.8 Å². The lowest BCUT2D eigenvalue weighted by Crippen LogP contribution is -2.41. The first-order valence-corrected chi connectivity index (χ1v) is 10.6. The van der Waals surface area contributed by atoms with Gasteiger partial charge in [0.15, 0.2) is 5.01 Å². The molecule has 3 rings (SSSR count). The molecule has 0 spiro atoms. The molecule has 8 nitrogen and oxygen atoms in total. The standard InChI is InChI=1S/C17H22N4O4S2/c1-20(2)27(23,24)21-9-7-14-15(8-10-21)26-17(19-14)16(22)18-12-5-4-6-13(11-12)25-3/h4-6,11H,7-10H2,1-3H3,(H,18,22). The van der Waals surface area contributed by atoms with Crippen LogP contribution in [0.4, 0.5) is 5.69 Å². The van der Waals surface area contributed by atoms with E-state index in [0.717, 1.165) is 10.6 Å². The predicted molar refractivity (Wildman–Crippen MR) is 105 cm³/mol. The van der Waals surface area contributed by atoms with Crippen LogP contribution < -0.4 is 10.1 Å². The topological polar surface area (TPSA) is 91.8 Å². The molecule has 146 valence electrons. The van der Waals surface area contributed by atoms with E-state index in [9.17, 15) is 13.2 Å². The molecule has 1 aromatic carbocycles. The number of amides is 1. The number of ether oxygens (including phenoxy) is 1. The summed E-state index contributed by atoms with van der Waals surface area (Å²) in [5, 5.41) is 3.20. The molecule has 0 aliphatic carbocycles. The molecule has 1 aromatic heterocycles. The molecule has 2 aromatic rings. The van der Waals surface area contributed by atoms with E-state index >= 15 is 0 Å². The number of nitrogens with zero attached hydrogens (tertiary/aromatic N) is 3. The van der Waals surface area contributed by atoms with Crippen molar-refractivity contribution in [2.75, 3.05) is 39.6 Å². The van der Waals surface area contributed by atoms with Gasteiger partial charge in [-0.3, -0.25) is 4.79 Å². The minimum absolute atomic E-state index is 0.279. The Bertz CT molecular complexity index is 915. The first-order valence-electron chi connectivity index (χ1n) is 8.43. The van der Waals surface area contributed by atoms with Crippen molar-refractivity contribution in [3.63, 3.8) is 0 Å². The lowest BCUT2D eigenvalue weighted by Gasteiger charge is -2.23. The molecule has 0 bridgehead atoms. The first kappa shape index (κ1) is 19.7. The van der Waals surface area contributed by atoms with E-state index in [2.05, 4.69) is 10.3 Å². The third-order valence-corrected chi connectivity index (χ3v) is 7.37. The van der Waals surface area contributed by atoms with Crippen LogP contribution in [0.1, 0.15) is 20.4 Å². The number of anilines is 1. The molecule has 2 heterocycles. The van der Waals surface area contributed by atoms with Crippen LogP contribution in [-0.2, 0) is 23.1 Å². The molecular formula is C17H22N4O4S2. The maximum absolute atomic E-state index is 12.5. The molecule has 1 aliphatic rings. The first-order chi connectivity index (χ1) is 12.8. The van der Waals surface area contributed by atoms with E-state index < -0.39 is 10.2 Å². The van der Waals surface area contributed by atoms with Crippen molar-refractivity contribution in [1.82, 2.24) is 13.6 Å². The fourth-order valence-electron chi connectivity index (χ4n) is 2.79. The summed E-state index contributed by atoms with van der Waals surface area (Å²) in [4.78, 5) is 17.9. The van der Waals surface area contributed by atoms with Crippen molar-refractivity contribution in [2.24, 2.45) is 0 Å². The highest BCUT2D eigenvalue weighted by Crippen LogP contribution is 2.25. The van der Waals surface area contributed by atoms with Gasteiger partial charge in [-0.15, -0.1) is 11.3 Å². The Morgan fingerprint density at radius 2 is 2.04 bits per heavy atom. The van der Waals surface area contributed by atoms with Gasteiger partial charge in [0, 0.05) is 50.2 Å². The van der Waals surface area contributed by atoms with E-state index in [1.807, 2.05) is 0 Å². The number of fused-ring (bicyclic) bond motifs is 1. The van der Waals surface area contributed by atoms with Crippen molar-refractivity contribution < 1.29 is 17.9 Å². The van der Waals surface area contributed by atoms with Gasteiger partial charge >= 0.3 is 0 Å². The number of hydrogen-bond acceptors (Lipinski definition) is 6. The zero-order chi connectivity index (χ0) is 19.6. The van der Waals surface area contributed by atoms with Crippen LogP contribution in [0.15, 0.2) is 24.3 Å². The van der Waals surface area contributed by atoms with E-state index in [1.165, 1.54) is 34.0 Å². The van der Waals surface area contributed by atoms with Gasteiger partial charge in [-0.25, -0.2) is 4.98 Å². The summed E-state index contributed by atoms with van der Waals surface area (Å²) >= 11 is 1.32. The Morgan fingerprint density at radius 3 is 2.74 bits per heavy atom. The second-order valence-corrected chi connectivity index (χ2v) is 9.49. The van der Waals surface area contributed by atoms with Crippen LogP contribution in [0.2, 0.25) is 0 Å². The van der Waals surface area contributed by atoms with Gasteiger partial charge in [-0.1, -0.05) is 6.07 Å². The Labute approximate surface area is 163 Å². The number of rotatable bonds is 5. The monoisotopic (exact) mass is 410 g/mol.